The van der Waals surface area contributed by atoms with E-state index >= 15 is 0 Å². The van der Waals surface area contributed by atoms with Crippen LogP contribution in [0, 0.1) is 5.41 Å². The lowest BCUT2D eigenvalue weighted by molar-refractivity contribution is 0.207. The highest BCUT2D eigenvalue weighted by Gasteiger charge is 2.24. The molecule has 0 N–H and O–H groups in total. The molecule has 0 aromatic carbocycles. The summed E-state index contributed by atoms with van der Waals surface area (Å²) in [5.74, 6) is 0. The average Bonchev–Trinajstić information content (AvgIpc) is 2.58. The van der Waals surface area contributed by atoms with E-state index in [2.05, 4.69) is 37.0 Å². The Hall–Kier alpha value is -0.560. The standard InChI is InChI=1S/C14H23N/c1-14(2)9-5-6-10-15(12-14)11-13-7-3-4-8-13/h3-4,7H,5-6,8-12H2,1-2H3. The molecule has 0 saturated carbocycles. The maximum absolute atomic E-state index is 2.64. The minimum Gasteiger partial charge on any atom is -0.299 e. The van der Waals surface area contributed by atoms with Gasteiger partial charge in [-0.05, 0) is 31.2 Å². The van der Waals surface area contributed by atoms with Crippen LogP contribution in [0.4, 0.5) is 0 Å². The van der Waals surface area contributed by atoms with Crippen LogP contribution in [0.1, 0.15) is 39.5 Å². The van der Waals surface area contributed by atoms with Gasteiger partial charge in [0, 0.05) is 13.1 Å². The van der Waals surface area contributed by atoms with Crippen molar-refractivity contribution in [3.8, 4) is 0 Å². The van der Waals surface area contributed by atoms with Gasteiger partial charge in [0.1, 0.15) is 0 Å². The van der Waals surface area contributed by atoms with Crippen LogP contribution in [0.25, 0.3) is 0 Å². The number of hydrogen-bond acceptors (Lipinski definition) is 1. The molecule has 1 heterocycles. The van der Waals surface area contributed by atoms with Crippen molar-refractivity contribution in [3.05, 3.63) is 23.8 Å². The van der Waals surface area contributed by atoms with Gasteiger partial charge < -0.3 is 0 Å². The van der Waals surface area contributed by atoms with E-state index in [4.69, 9.17) is 0 Å². The molecule has 0 aromatic rings. The lowest BCUT2D eigenvalue weighted by atomic mass is 9.88. The van der Waals surface area contributed by atoms with Crippen LogP contribution in [0.5, 0.6) is 0 Å². The summed E-state index contributed by atoms with van der Waals surface area (Å²) in [6, 6.07) is 0. The van der Waals surface area contributed by atoms with Crippen molar-refractivity contribution in [1.82, 2.24) is 4.90 Å². The predicted octanol–water partition coefficient (Wildman–Crippen LogP) is 3.38. The van der Waals surface area contributed by atoms with E-state index in [1.807, 2.05) is 0 Å². The highest BCUT2D eigenvalue weighted by atomic mass is 15.1. The molecule has 0 amide bonds. The maximum Gasteiger partial charge on any atom is 0.0199 e. The van der Waals surface area contributed by atoms with Crippen molar-refractivity contribution in [2.75, 3.05) is 19.6 Å². The summed E-state index contributed by atoms with van der Waals surface area (Å²) < 4.78 is 0. The van der Waals surface area contributed by atoms with E-state index in [-0.39, 0.29) is 0 Å². The number of hydrogen-bond donors (Lipinski definition) is 0. The number of likely N-dealkylation sites (tertiary alicyclic amines) is 1. The Kier molecular flexibility index (Phi) is 3.30. The molecule has 15 heavy (non-hydrogen) atoms. The second-order valence-corrected chi connectivity index (χ2v) is 5.79. The first-order valence-electron chi connectivity index (χ1n) is 6.23. The second-order valence-electron chi connectivity index (χ2n) is 5.79. The average molecular weight is 205 g/mol. The first kappa shape index (κ1) is 10.9. The molecule has 2 aliphatic rings. The van der Waals surface area contributed by atoms with Crippen molar-refractivity contribution in [3.63, 3.8) is 0 Å². The molecular formula is C14H23N. The summed E-state index contributed by atoms with van der Waals surface area (Å²) in [6.45, 7) is 8.57. The zero-order valence-corrected chi connectivity index (χ0v) is 10.1. The summed E-state index contributed by atoms with van der Waals surface area (Å²) in [5, 5.41) is 0. The van der Waals surface area contributed by atoms with Crippen molar-refractivity contribution in [2.24, 2.45) is 5.41 Å². The monoisotopic (exact) mass is 205 g/mol. The minimum atomic E-state index is 0.517. The third-order valence-corrected chi connectivity index (χ3v) is 3.50. The van der Waals surface area contributed by atoms with Crippen LogP contribution in [0.3, 0.4) is 0 Å². The third kappa shape index (κ3) is 3.20. The van der Waals surface area contributed by atoms with Crippen LogP contribution in [0.15, 0.2) is 23.8 Å². The molecule has 0 atom stereocenters. The molecule has 0 spiro atoms. The molecule has 0 radical (unpaired) electrons. The Morgan fingerprint density at radius 3 is 2.93 bits per heavy atom. The van der Waals surface area contributed by atoms with Crippen LogP contribution in [0.2, 0.25) is 0 Å². The van der Waals surface area contributed by atoms with Gasteiger partial charge in [0.2, 0.25) is 0 Å². The molecular weight excluding hydrogens is 182 g/mol. The van der Waals surface area contributed by atoms with Crippen LogP contribution in [-0.2, 0) is 0 Å². The normalized spacial score (nSPS) is 26.4. The van der Waals surface area contributed by atoms with Gasteiger partial charge in [0.05, 0.1) is 0 Å². The van der Waals surface area contributed by atoms with E-state index in [1.54, 1.807) is 5.57 Å². The zero-order valence-electron chi connectivity index (χ0n) is 10.1. The molecule has 1 saturated heterocycles. The van der Waals surface area contributed by atoms with E-state index < -0.39 is 0 Å². The van der Waals surface area contributed by atoms with Crippen LogP contribution < -0.4 is 0 Å². The summed E-state index contributed by atoms with van der Waals surface area (Å²) in [4.78, 5) is 2.64. The van der Waals surface area contributed by atoms with E-state index in [1.165, 1.54) is 45.3 Å². The maximum atomic E-state index is 2.64. The lowest BCUT2D eigenvalue weighted by Gasteiger charge is -2.29. The fraction of sp³-hybridized carbons (Fsp3) is 0.714. The zero-order chi connectivity index (χ0) is 10.7. The smallest absolute Gasteiger partial charge is 0.0199 e. The molecule has 1 aliphatic carbocycles. The van der Waals surface area contributed by atoms with Gasteiger partial charge in [0.25, 0.3) is 0 Å². The Morgan fingerprint density at radius 2 is 2.20 bits per heavy atom. The molecule has 1 fully saturated rings. The van der Waals surface area contributed by atoms with Crippen LogP contribution in [-0.4, -0.2) is 24.5 Å². The number of nitrogens with zero attached hydrogens (tertiary/aromatic N) is 1. The second kappa shape index (κ2) is 4.52. The number of rotatable bonds is 2. The highest BCUT2D eigenvalue weighted by molar-refractivity contribution is 5.24. The fourth-order valence-corrected chi connectivity index (χ4v) is 2.73. The summed E-state index contributed by atoms with van der Waals surface area (Å²) >= 11 is 0. The van der Waals surface area contributed by atoms with Gasteiger partial charge in [-0.1, -0.05) is 44.1 Å². The van der Waals surface area contributed by atoms with E-state index in [9.17, 15) is 0 Å². The number of allylic oxidation sites excluding steroid dienone is 3. The van der Waals surface area contributed by atoms with Gasteiger partial charge in [-0.2, -0.15) is 0 Å². The summed E-state index contributed by atoms with van der Waals surface area (Å²) in [7, 11) is 0. The van der Waals surface area contributed by atoms with Crippen molar-refractivity contribution < 1.29 is 0 Å². The molecule has 0 unspecified atom stereocenters. The minimum absolute atomic E-state index is 0.517. The van der Waals surface area contributed by atoms with E-state index in [0.717, 1.165) is 0 Å². The highest BCUT2D eigenvalue weighted by Crippen LogP contribution is 2.28. The fourth-order valence-electron chi connectivity index (χ4n) is 2.73. The summed E-state index contributed by atoms with van der Waals surface area (Å²) in [6.07, 6.45) is 12.1. The molecule has 84 valence electrons. The Balaban J connectivity index is 1.90. The van der Waals surface area contributed by atoms with Crippen LogP contribution >= 0.6 is 0 Å². The third-order valence-electron chi connectivity index (χ3n) is 3.50. The van der Waals surface area contributed by atoms with Gasteiger partial charge in [-0.15, -0.1) is 0 Å². The van der Waals surface area contributed by atoms with E-state index in [0.29, 0.717) is 5.41 Å². The SMILES string of the molecule is CC1(C)CCCCN(CC2=CC=CC2)C1. The Bertz CT molecular complexity index is 273. The van der Waals surface area contributed by atoms with Gasteiger partial charge >= 0.3 is 0 Å². The van der Waals surface area contributed by atoms with Gasteiger partial charge in [-0.3, -0.25) is 4.90 Å². The van der Waals surface area contributed by atoms with Crippen molar-refractivity contribution in [2.45, 2.75) is 39.5 Å². The topological polar surface area (TPSA) is 3.24 Å². The van der Waals surface area contributed by atoms with Crippen molar-refractivity contribution in [1.29, 1.82) is 0 Å². The first-order valence-corrected chi connectivity index (χ1v) is 6.23. The molecule has 2 rings (SSSR count). The Labute approximate surface area is 93.9 Å². The summed E-state index contributed by atoms with van der Waals surface area (Å²) in [5.41, 5.74) is 2.11. The first-order chi connectivity index (χ1) is 7.16. The molecule has 1 heteroatoms. The molecule has 0 bridgehead atoms. The van der Waals surface area contributed by atoms with Gasteiger partial charge in [-0.25, -0.2) is 0 Å². The molecule has 1 nitrogen and oxygen atoms in total. The predicted molar refractivity (Wildman–Crippen MR) is 65.9 cm³/mol. The lowest BCUT2D eigenvalue weighted by Crippen LogP contribution is -2.33. The van der Waals surface area contributed by atoms with Crippen molar-refractivity contribution >= 4 is 0 Å². The largest absolute Gasteiger partial charge is 0.299 e. The Morgan fingerprint density at radius 1 is 1.33 bits per heavy atom. The molecule has 1 aliphatic heterocycles. The van der Waals surface area contributed by atoms with Gasteiger partial charge in [0.15, 0.2) is 0 Å². The quantitative estimate of drug-likeness (QED) is 0.668. The molecule has 0 aromatic heterocycles.